The van der Waals surface area contributed by atoms with Crippen LogP contribution in [0.1, 0.15) is 5.56 Å². The van der Waals surface area contributed by atoms with Gasteiger partial charge in [0.25, 0.3) is 0 Å². The molecule has 2 rings (SSSR count). The van der Waals surface area contributed by atoms with Gasteiger partial charge < -0.3 is 5.73 Å². The van der Waals surface area contributed by atoms with Crippen LogP contribution in [0.2, 0.25) is 0 Å². The molecule has 2 heteroatoms. The molecule has 0 fully saturated rings. The van der Waals surface area contributed by atoms with Gasteiger partial charge in [0.1, 0.15) is 5.84 Å². The molecular weight excluding hydrogens is 184 g/mol. The van der Waals surface area contributed by atoms with Crippen molar-refractivity contribution in [3.05, 3.63) is 54.1 Å². The van der Waals surface area contributed by atoms with Gasteiger partial charge in [0.2, 0.25) is 0 Å². The second-order valence-electron chi connectivity index (χ2n) is 3.40. The van der Waals surface area contributed by atoms with Crippen LogP contribution in [0.3, 0.4) is 0 Å². The maximum Gasteiger partial charge on any atom is 0.115 e. The highest BCUT2D eigenvalue weighted by Gasteiger charge is 1.92. The van der Waals surface area contributed by atoms with Gasteiger partial charge in [0.05, 0.1) is 0 Å². The van der Waals surface area contributed by atoms with Crippen molar-refractivity contribution in [1.29, 1.82) is 5.41 Å². The molecule has 0 atom stereocenters. The summed E-state index contributed by atoms with van der Waals surface area (Å²) in [4.78, 5) is 0. The number of fused-ring (bicyclic) bond motifs is 1. The standard InChI is InChI=1S/C13H12N2/c14-13(15)8-6-10-5-7-11-3-1-2-4-12(11)9-10/h1-9H,(H3,14,15)/b8-6+. The van der Waals surface area contributed by atoms with Crippen LogP contribution >= 0.6 is 0 Å². The zero-order chi connectivity index (χ0) is 10.7. The maximum absolute atomic E-state index is 7.10. The molecule has 0 radical (unpaired) electrons. The molecule has 2 aromatic rings. The molecule has 0 aliphatic heterocycles. The first kappa shape index (κ1) is 9.46. The number of benzene rings is 2. The molecule has 2 nitrogen and oxygen atoms in total. The number of amidine groups is 1. The number of hydrogen-bond acceptors (Lipinski definition) is 1. The summed E-state index contributed by atoms with van der Waals surface area (Å²) in [5.41, 5.74) is 6.31. The molecule has 0 amide bonds. The Bertz CT molecular complexity index is 527. The fourth-order valence-corrected chi connectivity index (χ4v) is 1.50. The zero-order valence-corrected chi connectivity index (χ0v) is 8.27. The molecule has 0 unspecified atom stereocenters. The first-order chi connectivity index (χ1) is 7.25. The summed E-state index contributed by atoms with van der Waals surface area (Å²) in [6, 6.07) is 14.3. The topological polar surface area (TPSA) is 49.9 Å². The van der Waals surface area contributed by atoms with E-state index in [-0.39, 0.29) is 5.84 Å². The van der Waals surface area contributed by atoms with Crippen molar-refractivity contribution in [2.24, 2.45) is 5.73 Å². The third-order valence-corrected chi connectivity index (χ3v) is 2.23. The lowest BCUT2D eigenvalue weighted by Gasteiger charge is -1.98. The molecule has 0 saturated heterocycles. The molecule has 3 N–H and O–H groups in total. The van der Waals surface area contributed by atoms with E-state index in [4.69, 9.17) is 11.1 Å². The predicted octanol–water partition coefficient (Wildman–Crippen LogP) is 2.79. The highest BCUT2D eigenvalue weighted by atomic mass is 14.7. The monoisotopic (exact) mass is 196 g/mol. The average molecular weight is 196 g/mol. The summed E-state index contributed by atoms with van der Waals surface area (Å²) in [5, 5.41) is 9.51. The van der Waals surface area contributed by atoms with E-state index in [2.05, 4.69) is 24.3 Å². The van der Waals surface area contributed by atoms with Crippen LogP contribution in [0.5, 0.6) is 0 Å². The second-order valence-corrected chi connectivity index (χ2v) is 3.40. The normalized spacial score (nSPS) is 10.9. The lowest BCUT2D eigenvalue weighted by molar-refractivity contribution is 1.47. The van der Waals surface area contributed by atoms with Gasteiger partial charge in [0.15, 0.2) is 0 Å². The van der Waals surface area contributed by atoms with E-state index in [1.807, 2.05) is 24.3 Å². The van der Waals surface area contributed by atoms with E-state index >= 15 is 0 Å². The molecule has 74 valence electrons. The second kappa shape index (κ2) is 3.96. The summed E-state index contributed by atoms with van der Waals surface area (Å²) >= 11 is 0. The minimum absolute atomic E-state index is 0.0724. The minimum Gasteiger partial charge on any atom is -0.384 e. The lowest BCUT2D eigenvalue weighted by atomic mass is 10.1. The lowest BCUT2D eigenvalue weighted by Crippen LogP contribution is -2.03. The van der Waals surface area contributed by atoms with Crippen LogP contribution in [-0.2, 0) is 0 Å². The maximum atomic E-state index is 7.10. The Morgan fingerprint density at radius 3 is 2.53 bits per heavy atom. The minimum atomic E-state index is 0.0724. The molecule has 0 heterocycles. The summed E-state index contributed by atoms with van der Waals surface area (Å²) in [5.74, 6) is 0.0724. The fourth-order valence-electron chi connectivity index (χ4n) is 1.50. The van der Waals surface area contributed by atoms with Gasteiger partial charge in [-0.2, -0.15) is 0 Å². The quantitative estimate of drug-likeness (QED) is 0.563. The van der Waals surface area contributed by atoms with Crippen molar-refractivity contribution in [2.45, 2.75) is 0 Å². The van der Waals surface area contributed by atoms with E-state index in [0.29, 0.717) is 0 Å². The van der Waals surface area contributed by atoms with Crippen LogP contribution < -0.4 is 5.73 Å². The van der Waals surface area contributed by atoms with Crippen molar-refractivity contribution in [3.8, 4) is 0 Å². The van der Waals surface area contributed by atoms with Crippen LogP contribution in [0.25, 0.3) is 16.8 Å². The highest BCUT2D eigenvalue weighted by Crippen LogP contribution is 2.16. The van der Waals surface area contributed by atoms with Crippen LogP contribution in [0, 0.1) is 5.41 Å². The van der Waals surface area contributed by atoms with Gasteiger partial charge >= 0.3 is 0 Å². The fraction of sp³-hybridized carbons (Fsp3) is 0. The Kier molecular flexibility index (Phi) is 2.50. The Morgan fingerprint density at radius 1 is 1.07 bits per heavy atom. The summed E-state index contributed by atoms with van der Waals surface area (Å²) in [6.07, 6.45) is 3.43. The predicted molar refractivity (Wildman–Crippen MR) is 64.9 cm³/mol. The number of nitrogens with one attached hydrogen (secondary N) is 1. The Balaban J connectivity index is 2.43. The number of nitrogens with two attached hydrogens (primary N) is 1. The third kappa shape index (κ3) is 2.23. The van der Waals surface area contributed by atoms with Gasteiger partial charge in [-0.1, -0.05) is 42.5 Å². The largest absolute Gasteiger partial charge is 0.384 e. The van der Waals surface area contributed by atoms with Crippen molar-refractivity contribution < 1.29 is 0 Å². The molecule has 0 aliphatic carbocycles. The van der Waals surface area contributed by atoms with Crippen molar-refractivity contribution in [1.82, 2.24) is 0 Å². The zero-order valence-electron chi connectivity index (χ0n) is 8.27. The van der Waals surface area contributed by atoms with Crippen molar-refractivity contribution >= 4 is 22.7 Å². The van der Waals surface area contributed by atoms with E-state index in [0.717, 1.165) is 5.56 Å². The molecule has 0 aliphatic rings. The Morgan fingerprint density at radius 2 is 1.80 bits per heavy atom. The summed E-state index contributed by atoms with van der Waals surface area (Å²) in [6.45, 7) is 0. The van der Waals surface area contributed by atoms with E-state index < -0.39 is 0 Å². The van der Waals surface area contributed by atoms with E-state index in [1.165, 1.54) is 10.8 Å². The highest BCUT2D eigenvalue weighted by molar-refractivity contribution is 5.93. The van der Waals surface area contributed by atoms with Crippen LogP contribution in [0.4, 0.5) is 0 Å². The summed E-state index contributed by atoms with van der Waals surface area (Å²) in [7, 11) is 0. The van der Waals surface area contributed by atoms with Crippen molar-refractivity contribution in [2.75, 3.05) is 0 Å². The van der Waals surface area contributed by atoms with Gasteiger partial charge in [-0.25, -0.2) is 0 Å². The van der Waals surface area contributed by atoms with Gasteiger partial charge in [-0.3, -0.25) is 5.41 Å². The van der Waals surface area contributed by atoms with Crippen LogP contribution in [0.15, 0.2) is 48.5 Å². The first-order valence-electron chi connectivity index (χ1n) is 4.76. The SMILES string of the molecule is N=C(N)/C=C/c1ccc2ccccc2c1. The number of rotatable bonds is 2. The van der Waals surface area contributed by atoms with Gasteiger partial charge in [-0.05, 0) is 28.5 Å². The molecule has 0 bridgehead atoms. The Labute approximate surface area is 88.5 Å². The molecular formula is C13H12N2. The number of hydrogen-bond donors (Lipinski definition) is 2. The Hall–Kier alpha value is -2.09. The molecule has 0 saturated carbocycles. The van der Waals surface area contributed by atoms with Crippen LogP contribution in [-0.4, -0.2) is 5.84 Å². The van der Waals surface area contributed by atoms with E-state index in [1.54, 1.807) is 6.08 Å². The van der Waals surface area contributed by atoms with Gasteiger partial charge in [0, 0.05) is 0 Å². The first-order valence-corrected chi connectivity index (χ1v) is 4.76. The van der Waals surface area contributed by atoms with Crippen molar-refractivity contribution in [3.63, 3.8) is 0 Å². The van der Waals surface area contributed by atoms with Gasteiger partial charge in [-0.15, -0.1) is 0 Å². The molecule has 15 heavy (non-hydrogen) atoms. The third-order valence-electron chi connectivity index (χ3n) is 2.23. The van der Waals surface area contributed by atoms with E-state index in [9.17, 15) is 0 Å². The molecule has 0 spiro atoms. The molecule has 0 aromatic heterocycles. The average Bonchev–Trinajstić information content (AvgIpc) is 2.26. The molecule has 2 aromatic carbocycles. The smallest absolute Gasteiger partial charge is 0.115 e. The summed E-state index contributed by atoms with van der Waals surface area (Å²) < 4.78 is 0.